The lowest BCUT2D eigenvalue weighted by molar-refractivity contribution is -0.286. The molecule has 4 heterocycles. The van der Waals surface area contributed by atoms with Crippen LogP contribution in [0.15, 0.2) is 12.1 Å². The fraction of sp³-hybridized carbons (Fsp3) is 0.438. The number of alkyl halides is 3. The molecule has 11 heteroatoms. The topological polar surface area (TPSA) is 90.8 Å². The molecule has 0 saturated carbocycles. The van der Waals surface area contributed by atoms with Crippen LogP contribution in [0.4, 0.5) is 19.1 Å². The summed E-state index contributed by atoms with van der Waals surface area (Å²) in [5, 5.41) is 4.81. The van der Waals surface area contributed by atoms with E-state index in [1.165, 1.54) is 10.6 Å². The van der Waals surface area contributed by atoms with Crippen molar-refractivity contribution in [2.45, 2.75) is 31.9 Å². The average Bonchev–Trinajstić information content (AvgIpc) is 3.12. The Hall–Kier alpha value is -2.82. The first-order valence-electron chi connectivity index (χ1n) is 8.31. The van der Waals surface area contributed by atoms with E-state index >= 15 is 0 Å². The first-order valence-corrected chi connectivity index (χ1v) is 8.31. The van der Waals surface area contributed by atoms with Crippen molar-refractivity contribution in [3.05, 3.63) is 18.0 Å². The van der Waals surface area contributed by atoms with Gasteiger partial charge in [0.2, 0.25) is 5.95 Å². The van der Waals surface area contributed by atoms with Crippen molar-refractivity contribution in [3.8, 4) is 11.5 Å². The predicted octanol–water partition coefficient (Wildman–Crippen LogP) is 2.29. The molecule has 2 aromatic heterocycles. The minimum atomic E-state index is -3.76. The van der Waals surface area contributed by atoms with Crippen molar-refractivity contribution in [1.29, 1.82) is 0 Å². The SMILES string of the molecule is CC(c1nc2c3ccc4c(c3nc(N)n2n1)OC(F)(F)O4)N1CC(C)(F)C1. The van der Waals surface area contributed by atoms with E-state index in [4.69, 9.17) is 5.73 Å². The van der Waals surface area contributed by atoms with Crippen LogP contribution in [-0.2, 0) is 0 Å². The Kier molecular flexibility index (Phi) is 2.98. The van der Waals surface area contributed by atoms with E-state index in [9.17, 15) is 13.2 Å². The van der Waals surface area contributed by atoms with E-state index in [0.29, 0.717) is 16.9 Å². The molecule has 27 heavy (non-hydrogen) atoms. The molecule has 1 fully saturated rings. The molecule has 1 unspecified atom stereocenters. The van der Waals surface area contributed by atoms with Crippen molar-refractivity contribution < 1.29 is 22.6 Å². The van der Waals surface area contributed by atoms with Crippen LogP contribution < -0.4 is 15.2 Å². The lowest BCUT2D eigenvalue weighted by atomic mass is 9.97. The van der Waals surface area contributed by atoms with Crippen molar-refractivity contribution in [1.82, 2.24) is 24.5 Å². The molecule has 1 saturated heterocycles. The summed E-state index contributed by atoms with van der Waals surface area (Å²) >= 11 is 0. The highest BCUT2D eigenvalue weighted by Crippen LogP contribution is 2.45. The van der Waals surface area contributed by atoms with Crippen molar-refractivity contribution >= 4 is 22.5 Å². The second kappa shape index (κ2) is 4.91. The molecule has 3 aromatic rings. The van der Waals surface area contributed by atoms with Crippen LogP contribution in [0.1, 0.15) is 25.7 Å². The molecule has 142 valence electrons. The van der Waals surface area contributed by atoms with E-state index in [-0.39, 0.29) is 42.1 Å². The number of rotatable bonds is 2. The van der Waals surface area contributed by atoms with Crippen LogP contribution >= 0.6 is 0 Å². The number of halogens is 3. The van der Waals surface area contributed by atoms with Crippen LogP contribution in [-0.4, -0.2) is 49.5 Å². The van der Waals surface area contributed by atoms with E-state index in [2.05, 4.69) is 24.5 Å². The number of fused-ring (bicyclic) bond motifs is 5. The number of aromatic nitrogens is 4. The van der Waals surface area contributed by atoms with Crippen LogP contribution in [0.5, 0.6) is 11.5 Å². The van der Waals surface area contributed by atoms with Crippen LogP contribution in [0.2, 0.25) is 0 Å². The summed E-state index contributed by atoms with van der Waals surface area (Å²) in [7, 11) is 0. The highest BCUT2D eigenvalue weighted by molar-refractivity contribution is 5.97. The number of hydrogen-bond donors (Lipinski definition) is 1. The van der Waals surface area contributed by atoms with Gasteiger partial charge in [0.05, 0.1) is 6.04 Å². The van der Waals surface area contributed by atoms with E-state index in [1.54, 1.807) is 13.0 Å². The molecular formula is C16H15F3N6O2. The van der Waals surface area contributed by atoms with Gasteiger partial charge in [-0.1, -0.05) is 0 Å². The molecule has 8 nitrogen and oxygen atoms in total. The summed E-state index contributed by atoms with van der Waals surface area (Å²) in [6.45, 7) is 3.98. The first-order chi connectivity index (χ1) is 12.6. The lowest BCUT2D eigenvalue weighted by Crippen LogP contribution is -2.57. The number of nitrogen functional groups attached to an aromatic ring is 1. The maximum Gasteiger partial charge on any atom is 0.586 e. The second-order valence-electron chi connectivity index (χ2n) is 7.13. The molecule has 2 N–H and O–H groups in total. The Morgan fingerprint density at radius 1 is 1.19 bits per heavy atom. The van der Waals surface area contributed by atoms with E-state index in [0.717, 1.165) is 0 Å². The number of anilines is 1. The number of nitrogens with zero attached hydrogens (tertiary/aromatic N) is 5. The first kappa shape index (κ1) is 16.4. The van der Waals surface area contributed by atoms with Crippen LogP contribution in [0.25, 0.3) is 16.6 Å². The van der Waals surface area contributed by atoms with Gasteiger partial charge in [-0.3, -0.25) is 4.90 Å². The third-order valence-electron chi connectivity index (χ3n) is 4.84. The minimum Gasteiger partial charge on any atom is -0.395 e. The third-order valence-corrected chi connectivity index (χ3v) is 4.84. The number of likely N-dealkylation sites (tertiary alicyclic amines) is 1. The third kappa shape index (κ3) is 2.37. The zero-order chi connectivity index (χ0) is 19.1. The summed E-state index contributed by atoms with van der Waals surface area (Å²) in [5.74, 6) is 0.0870. The highest BCUT2D eigenvalue weighted by atomic mass is 19.3. The molecule has 5 rings (SSSR count). The number of nitrogens with two attached hydrogens (primary N) is 1. The van der Waals surface area contributed by atoms with Gasteiger partial charge in [0.25, 0.3) is 0 Å². The Morgan fingerprint density at radius 3 is 2.63 bits per heavy atom. The van der Waals surface area contributed by atoms with Gasteiger partial charge in [0.15, 0.2) is 23.0 Å². The van der Waals surface area contributed by atoms with E-state index < -0.39 is 12.0 Å². The highest BCUT2D eigenvalue weighted by Gasteiger charge is 2.45. The summed E-state index contributed by atoms with van der Waals surface area (Å²) in [6.07, 6.45) is -3.76. The summed E-state index contributed by atoms with van der Waals surface area (Å²) in [5.41, 5.74) is 5.20. The Labute approximate surface area is 150 Å². The largest absolute Gasteiger partial charge is 0.586 e. The molecule has 1 aromatic carbocycles. The molecule has 0 bridgehead atoms. The number of ether oxygens (including phenoxy) is 2. The Bertz CT molecular complexity index is 1090. The normalized spacial score (nSPS) is 21.5. The van der Waals surface area contributed by atoms with Gasteiger partial charge in [-0.05, 0) is 26.0 Å². The van der Waals surface area contributed by atoms with Gasteiger partial charge in [0, 0.05) is 18.5 Å². The quantitative estimate of drug-likeness (QED) is 0.729. The predicted molar refractivity (Wildman–Crippen MR) is 88.4 cm³/mol. The Balaban J connectivity index is 1.63. The van der Waals surface area contributed by atoms with Gasteiger partial charge in [0.1, 0.15) is 11.2 Å². The molecule has 1 atom stereocenters. The fourth-order valence-corrected chi connectivity index (χ4v) is 3.53. The maximum absolute atomic E-state index is 13.8. The molecular weight excluding hydrogens is 365 g/mol. The smallest absolute Gasteiger partial charge is 0.395 e. The fourth-order valence-electron chi connectivity index (χ4n) is 3.53. The van der Waals surface area contributed by atoms with Crippen molar-refractivity contribution in [3.63, 3.8) is 0 Å². The Morgan fingerprint density at radius 2 is 1.93 bits per heavy atom. The van der Waals surface area contributed by atoms with Crippen molar-refractivity contribution in [2.24, 2.45) is 0 Å². The molecule has 2 aliphatic rings. The van der Waals surface area contributed by atoms with Crippen molar-refractivity contribution in [2.75, 3.05) is 18.8 Å². The monoisotopic (exact) mass is 380 g/mol. The van der Waals surface area contributed by atoms with Crippen LogP contribution in [0, 0.1) is 0 Å². The van der Waals surface area contributed by atoms with Gasteiger partial charge < -0.3 is 15.2 Å². The van der Waals surface area contributed by atoms with E-state index in [1.807, 2.05) is 11.8 Å². The van der Waals surface area contributed by atoms with Gasteiger partial charge in [-0.15, -0.1) is 13.9 Å². The number of hydrogen-bond acceptors (Lipinski definition) is 7. The zero-order valence-corrected chi connectivity index (χ0v) is 14.4. The summed E-state index contributed by atoms with van der Waals surface area (Å²) in [4.78, 5) is 10.5. The van der Waals surface area contributed by atoms with Crippen LogP contribution in [0.3, 0.4) is 0 Å². The number of benzene rings is 1. The lowest BCUT2D eigenvalue weighted by Gasteiger charge is -2.44. The van der Waals surface area contributed by atoms with Gasteiger partial charge >= 0.3 is 6.29 Å². The molecule has 0 radical (unpaired) electrons. The maximum atomic E-state index is 13.8. The molecule has 0 aliphatic carbocycles. The van der Waals surface area contributed by atoms with Gasteiger partial charge in [-0.2, -0.15) is 4.52 Å². The molecule has 0 spiro atoms. The second-order valence-corrected chi connectivity index (χ2v) is 7.13. The minimum absolute atomic E-state index is 0.0328. The molecule has 0 amide bonds. The van der Waals surface area contributed by atoms with Gasteiger partial charge in [-0.25, -0.2) is 14.4 Å². The molecule has 2 aliphatic heterocycles. The average molecular weight is 380 g/mol. The summed E-state index contributed by atoms with van der Waals surface area (Å²) < 4.78 is 51.0. The summed E-state index contributed by atoms with van der Waals surface area (Å²) in [6, 6.07) is 2.67. The zero-order valence-electron chi connectivity index (χ0n) is 14.4. The standard InChI is InChI=1S/C16H15F3N6O2/c1-7(24-5-15(2,17)6-24)12-22-13-8-3-4-9-11(27-16(18,19)26-9)10(8)21-14(20)25(13)23-12/h3-4,7H,5-6H2,1-2H3,(H2,20,21).